The number of esters is 1. The number of anilines is 1. The molecule has 4 rings (SSSR count). The highest BCUT2D eigenvalue weighted by molar-refractivity contribution is 8.00. The van der Waals surface area contributed by atoms with Crippen molar-refractivity contribution in [2.75, 3.05) is 26.1 Å². The molecule has 0 spiro atoms. The summed E-state index contributed by atoms with van der Waals surface area (Å²) in [6.45, 7) is 12.9. The van der Waals surface area contributed by atoms with Crippen LogP contribution in [-0.4, -0.2) is 112 Å². The van der Waals surface area contributed by atoms with Gasteiger partial charge in [-0.25, -0.2) is 9.59 Å². The Balaban J connectivity index is 1.70. The van der Waals surface area contributed by atoms with Crippen molar-refractivity contribution >= 4 is 52.9 Å². The maximum Gasteiger partial charge on any atom is 0.409 e. The third-order valence-corrected chi connectivity index (χ3v) is 12.5. The van der Waals surface area contributed by atoms with Crippen LogP contribution in [0.15, 0.2) is 35.9 Å². The molecule has 306 valence electrons. The van der Waals surface area contributed by atoms with Gasteiger partial charge in [0.1, 0.15) is 30.0 Å². The van der Waals surface area contributed by atoms with Crippen molar-refractivity contribution in [2.45, 2.75) is 139 Å². The number of ether oxygens (including phenoxy) is 4. The molecule has 3 amide bonds. The first-order valence-electron chi connectivity index (χ1n) is 18.8. The average molecular weight is 808 g/mol. The van der Waals surface area contributed by atoms with Crippen molar-refractivity contribution in [3.8, 4) is 0 Å². The monoisotopic (exact) mass is 807 g/mol. The summed E-state index contributed by atoms with van der Waals surface area (Å²) < 4.78 is 23.7. The molecular weight excluding hydrogens is 750 g/mol. The summed E-state index contributed by atoms with van der Waals surface area (Å²) in [5, 5.41) is 25.3. The quantitative estimate of drug-likeness (QED) is 0.207. The summed E-state index contributed by atoms with van der Waals surface area (Å²) in [7, 11) is 4.54. The van der Waals surface area contributed by atoms with Crippen molar-refractivity contribution in [3.63, 3.8) is 0 Å². The number of nitrogens with zero attached hydrogens (tertiary/aromatic N) is 2. The van der Waals surface area contributed by atoms with Gasteiger partial charge >= 0.3 is 12.1 Å². The zero-order chi connectivity index (χ0) is 41.0. The van der Waals surface area contributed by atoms with Crippen LogP contribution < -0.4 is 10.2 Å². The number of aliphatic hydroxyl groups excluding tert-OH is 1. The Morgan fingerprint density at radius 2 is 1.91 bits per heavy atom. The summed E-state index contributed by atoms with van der Waals surface area (Å²) in [6.07, 6.45) is 1.73. The molecule has 3 heterocycles. The highest BCUT2D eigenvalue weighted by atomic mass is 35.5. The molecule has 0 aromatic heterocycles. The molecule has 4 bridgehead atoms. The first-order valence-corrected chi connectivity index (χ1v) is 20.1. The van der Waals surface area contributed by atoms with Crippen LogP contribution in [0.5, 0.6) is 0 Å². The lowest BCUT2D eigenvalue weighted by Gasteiger charge is -2.42. The average Bonchev–Trinajstić information content (AvgIpc) is 3.82. The second kappa shape index (κ2) is 18.4. The molecule has 2 fully saturated rings. The van der Waals surface area contributed by atoms with E-state index in [1.54, 1.807) is 70.9 Å². The summed E-state index contributed by atoms with van der Waals surface area (Å²) in [4.78, 5) is 56.8. The van der Waals surface area contributed by atoms with Crippen molar-refractivity contribution in [2.24, 2.45) is 5.92 Å². The third-order valence-electron chi connectivity index (χ3n) is 10.9. The van der Waals surface area contributed by atoms with Gasteiger partial charge in [-0.05, 0) is 56.1 Å². The number of allylic oxidation sites excluding steroid dienone is 3. The third kappa shape index (κ3) is 10.6. The summed E-state index contributed by atoms with van der Waals surface area (Å²) in [5.41, 5.74) is -0.580. The standard InChI is InChI=1S/C40H58ClN3O10S/c1-22(2)55-24(4)14-15-33(46)43(8)26(6)37(48)53-32-19-34(47)44(9)29-18-27(17-28(21-45)35(29)41)16-23(3)12-11-13-31(51-10)40(50)20-30(52-38(49)42-40)25(5)36-39(32,7)54-36/h11-13,17-18,22,24-26,30-32,36,45,50H,14-16,19-21H2,1-10H3,(H,42,49)/b13-11+,23-12+/t24?,25-,26-,30+,31-,32+,36+,39+,40+/m1/s1. The van der Waals surface area contributed by atoms with Crippen molar-refractivity contribution in [1.82, 2.24) is 10.2 Å². The molecule has 0 saturated carbocycles. The van der Waals surface area contributed by atoms with Gasteiger partial charge in [0.2, 0.25) is 11.8 Å². The Hall–Kier alpha value is -3.14. The zero-order valence-corrected chi connectivity index (χ0v) is 35.2. The number of benzene rings is 1. The predicted octanol–water partition coefficient (Wildman–Crippen LogP) is 5.31. The minimum Gasteiger partial charge on any atom is -0.457 e. The van der Waals surface area contributed by atoms with Gasteiger partial charge in [-0.2, -0.15) is 11.8 Å². The summed E-state index contributed by atoms with van der Waals surface area (Å²) in [6, 6.07) is 2.57. The van der Waals surface area contributed by atoms with Gasteiger partial charge in [0.25, 0.3) is 0 Å². The Bertz CT molecular complexity index is 1660. The van der Waals surface area contributed by atoms with Crippen molar-refractivity contribution < 1.29 is 48.3 Å². The fourth-order valence-corrected chi connectivity index (χ4v) is 8.79. The Labute approximate surface area is 334 Å². The van der Waals surface area contributed by atoms with E-state index in [9.17, 15) is 29.4 Å². The molecular formula is C40H58ClN3O10S. The number of epoxide rings is 1. The number of fused-ring (bicyclic) bond motifs is 5. The molecule has 0 aliphatic carbocycles. The van der Waals surface area contributed by atoms with E-state index < -0.39 is 65.7 Å². The lowest BCUT2D eigenvalue weighted by Crippen LogP contribution is -2.63. The van der Waals surface area contributed by atoms with Gasteiger partial charge in [-0.3, -0.25) is 14.9 Å². The maximum absolute atomic E-state index is 14.2. The number of hydrogen-bond acceptors (Lipinski definition) is 11. The second-order valence-corrected chi connectivity index (χ2v) is 18.0. The van der Waals surface area contributed by atoms with Crippen molar-refractivity contribution in [1.29, 1.82) is 0 Å². The number of likely N-dealkylation sites (N-methyl/N-ethyl adjacent to an activating group) is 1. The molecule has 3 N–H and O–H groups in total. The molecule has 3 aliphatic heterocycles. The van der Waals surface area contributed by atoms with Crippen molar-refractivity contribution in [3.05, 3.63) is 52.1 Å². The van der Waals surface area contributed by atoms with Crippen LogP contribution in [0.4, 0.5) is 10.5 Å². The SMILES string of the molecule is CO[C@@H]1/C=C/C=C(\C)Cc2cc(CO)c(Cl)c(c2)N(C)C(=O)C[C@H](OC(=O)[C@@H](C)N(C)C(=O)CCC(C)SC(C)C)[C@]2(C)O[C@H]2[C@H](C)[C@@H]2C[C@@]1(O)NC(=O)O2. The highest BCUT2D eigenvalue weighted by Gasteiger charge is 2.64. The predicted molar refractivity (Wildman–Crippen MR) is 212 cm³/mol. The molecule has 2 saturated heterocycles. The largest absolute Gasteiger partial charge is 0.457 e. The smallest absolute Gasteiger partial charge is 0.409 e. The number of halogens is 1. The van der Waals surface area contributed by atoms with Crippen LogP contribution in [-0.2, 0) is 46.4 Å². The van der Waals surface area contributed by atoms with Crippen LogP contribution in [0, 0.1) is 5.92 Å². The number of carbonyl (C=O) groups is 4. The lowest BCUT2D eigenvalue weighted by molar-refractivity contribution is -0.162. The second-order valence-electron chi connectivity index (χ2n) is 15.6. The zero-order valence-electron chi connectivity index (χ0n) is 33.6. The number of amides is 3. The van der Waals surface area contributed by atoms with Gasteiger partial charge in [-0.15, -0.1) is 0 Å². The Kier molecular flexibility index (Phi) is 14.9. The number of rotatable bonds is 10. The fourth-order valence-electron chi connectivity index (χ4n) is 7.31. The topological polar surface area (TPSA) is 167 Å². The molecule has 3 aliphatic rings. The lowest BCUT2D eigenvalue weighted by atomic mass is 9.83. The van der Waals surface area contributed by atoms with E-state index in [1.165, 1.54) is 16.9 Å². The minimum absolute atomic E-state index is 0.0555. The summed E-state index contributed by atoms with van der Waals surface area (Å²) >= 11 is 8.53. The van der Waals surface area contributed by atoms with Crippen LogP contribution in [0.3, 0.4) is 0 Å². The maximum atomic E-state index is 14.2. The van der Waals surface area contributed by atoms with Crippen LogP contribution in [0.2, 0.25) is 5.02 Å². The van der Waals surface area contributed by atoms with Crippen LogP contribution in [0.25, 0.3) is 0 Å². The van der Waals surface area contributed by atoms with Gasteiger partial charge in [0.05, 0.1) is 29.8 Å². The summed E-state index contributed by atoms with van der Waals surface area (Å²) in [5.74, 6) is -1.91. The molecule has 13 nitrogen and oxygen atoms in total. The molecule has 1 unspecified atom stereocenters. The van der Waals surface area contributed by atoms with Crippen LogP contribution in [0.1, 0.15) is 85.3 Å². The number of nitrogens with one attached hydrogen (secondary N) is 1. The van der Waals surface area contributed by atoms with E-state index in [0.29, 0.717) is 29.3 Å². The first-order chi connectivity index (χ1) is 25.7. The molecule has 9 atom stereocenters. The van der Waals surface area contributed by atoms with Gasteiger partial charge in [0.15, 0.2) is 5.72 Å². The van der Waals surface area contributed by atoms with Gasteiger partial charge in [-0.1, -0.05) is 69.2 Å². The highest BCUT2D eigenvalue weighted by Crippen LogP contribution is 2.49. The molecule has 55 heavy (non-hydrogen) atoms. The molecule has 1 aromatic rings. The Morgan fingerprint density at radius 1 is 1.22 bits per heavy atom. The Morgan fingerprint density at radius 3 is 2.55 bits per heavy atom. The minimum atomic E-state index is -1.83. The number of hydrogen-bond donors (Lipinski definition) is 3. The molecule has 15 heteroatoms. The van der Waals surface area contributed by atoms with E-state index in [-0.39, 0.29) is 42.0 Å². The van der Waals surface area contributed by atoms with E-state index in [0.717, 1.165) is 11.1 Å². The number of alkyl carbamates (subject to hydrolysis) is 1. The number of methoxy groups -OCH3 is 1. The van der Waals surface area contributed by atoms with Crippen LogP contribution >= 0.6 is 23.4 Å². The van der Waals surface area contributed by atoms with E-state index in [4.69, 9.17) is 30.5 Å². The number of aliphatic hydroxyl groups is 2. The molecule has 1 aromatic carbocycles. The number of carbonyl (C=O) groups excluding carboxylic acids is 4. The van der Waals surface area contributed by atoms with Gasteiger partial charge < -0.3 is 39.0 Å². The van der Waals surface area contributed by atoms with E-state index >= 15 is 0 Å². The first kappa shape index (κ1) is 44.6. The molecule has 0 radical (unpaired) electrons. The van der Waals surface area contributed by atoms with E-state index in [2.05, 4.69) is 26.1 Å². The fraction of sp³-hybridized carbons (Fsp3) is 0.650. The number of thioether (sulfide) groups is 1. The van der Waals surface area contributed by atoms with Gasteiger partial charge in [0, 0.05) is 45.2 Å². The van der Waals surface area contributed by atoms with E-state index in [1.807, 2.05) is 13.0 Å². The normalized spacial score (nSPS) is 31.3.